The fourth-order valence-corrected chi connectivity index (χ4v) is 3.63. The number of hydrogen-bond acceptors (Lipinski definition) is 6. The fourth-order valence-electron chi connectivity index (χ4n) is 2.86. The Morgan fingerprint density at radius 1 is 1.00 bits per heavy atom. The van der Waals surface area contributed by atoms with E-state index in [2.05, 4.69) is 26.3 Å². The molecule has 4 N–H and O–H groups in total. The standard InChI is InChI=1S/C21H15F3N6O3S/c22-21(23,24)17-10-15(12-5-4-8-14(31)9-12)29-30(17)20-26-16(11-34-20)18(32)27-28-19(33)25-13-6-2-1-3-7-13/h1-11,31H,(H,27,32)(H2,25,28,33). The first-order valence-electron chi connectivity index (χ1n) is 9.55. The number of halogens is 3. The Labute approximate surface area is 193 Å². The SMILES string of the molecule is O=C(NNC(=O)c1csc(-n2nc(-c3cccc(O)c3)cc2C(F)(F)F)n1)Nc1ccccc1. The molecular formula is C21H15F3N6O3S. The van der Waals surface area contributed by atoms with E-state index in [0.717, 1.165) is 17.4 Å². The van der Waals surface area contributed by atoms with Gasteiger partial charge in [0.05, 0.1) is 5.69 Å². The zero-order valence-electron chi connectivity index (χ0n) is 17.0. The average molecular weight is 488 g/mol. The van der Waals surface area contributed by atoms with E-state index in [1.807, 2.05) is 0 Å². The summed E-state index contributed by atoms with van der Waals surface area (Å²) >= 11 is 0.761. The van der Waals surface area contributed by atoms with Crippen molar-refractivity contribution in [3.63, 3.8) is 0 Å². The zero-order valence-corrected chi connectivity index (χ0v) is 17.8. The summed E-state index contributed by atoms with van der Waals surface area (Å²) in [5, 5.41) is 17.1. The largest absolute Gasteiger partial charge is 0.508 e. The molecule has 0 atom stereocenters. The molecule has 9 nitrogen and oxygen atoms in total. The van der Waals surface area contributed by atoms with Crippen molar-refractivity contribution in [2.75, 3.05) is 5.32 Å². The van der Waals surface area contributed by atoms with Crippen LogP contribution in [0.4, 0.5) is 23.7 Å². The number of urea groups is 1. The molecular weight excluding hydrogens is 473 g/mol. The number of carbonyl (C=O) groups excluding carboxylic acids is 2. The molecule has 0 unspecified atom stereocenters. The predicted octanol–water partition coefficient (Wildman–Crippen LogP) is 4.19. The van der Waals surface area contributed by atoms with Gasteiger partial charge >= 0.3 is 12.2 Å². The lowest BCUT2D eigenvalue weighted by Gasteiger charge is -2.08. The predicted molar refractivity (Wildman–Crippen MR) is 117 cm³/mol. The third kappa shape index (κ3) is 5.15. The lowest BCUT2D eigenvalue weighted by atomic mass is 10.1. The Kier molecular flexibility index (Phi) is 6.19. The third-order valence-corrected chi connectivity index (χ3v) is 5.18. The van der Waals surface area contributed by atoms with Gasteiger partial charge in [-0.15, -0.1) is 11.3 Å². The molecule has 0 saturated heterocycles. The maximum atomic E-state index is 13.6. The first kappa shape index (κ1) is 22.8. The number of nitrogens with zero attached hydrogens (tertiary/aromatic N) is 3. The van der Waals surface area contributed by atoms with Crippen LogP contribution in [-0.4, -0.2) is 31.8 Å². The summed E-state index contributed by atoms with van der Waals surface area (Å²) in [5.74, 6) is -0.961. The average Bonchev–Trinajstić information content (AvgIpc) is 3.46. The van der Waals surface area contributed by atoms with Gasteiger partial charge < -0.3 is 10.4 Å². The van der Waals surface area contributed by atoms with Gasteiger partial charge in [-0.2, -0.15) is 18.3 Å². The van der Waals surface area contributed by atoms with Gasteiger partial charge in [0.1, 0.15) is 11.4 Å². The van der Waals surface area contributed by atoms with Crippen LogP contribution in [0.5, 0.6) is 5.75 Å². The molecule has 34 heavy (non-hydrogen) atoms. The highest BCUT2D eigenvalue weighted by Crippen LogP contribution is 2.35. The van der Waals surface area contributed by atoms with Crippen molar-refractivity contribution in [3.05, 3.63) is 77.4 Å². The van der Waals surface area contributed by atoms with Crippen LogP contribution in [0.3, 0.4) is 0 Å². The Bertz CT molecular complexity index is 1340. The Hall–Kier alpha value is -4.39. The number of phenols is 1. The second kappa shape index (κ2) is 9.23. The second-order valence-electron chi connectivity index (χ2n) is 6.79. The van der Waals surface area contributed by atoms with Crippen molar-refractivity contribution in [3.8, 4) is 22.1 Å². The van der Waals surface area contributed by atoms with Crippen LogP contribution < -0.4 is 16.2 Å². The minimum absolute atomic E-state index is 0.0383. The summed E-state index contributed by atoms with van der Waals surface area (Å²) < 4.78 is 41.5. The molecule has 0 saturated carbocycles. The quantitative estimate of drug-likeness (QED) is 0.321. The normalized spacial score (nSPS) is 11.1. The maximum Gasteiger partial charge on any atom is 0.433 e. The number of hydrogen-bond donors (Lipinski definition) is 4. The fraction of sp³-hybridized carbons (Fsp3) is 0.0476. The van der Waals surface area contributed by atoms with Crippen LogP contribution in [0.1, 0.15) is 16.2 Å². The van der Waals surface area contributed by atoms with Crippen LogP contribution in [0.25, 0.3) is 16.4 Å². The Morgan fingerprint density at radius 3 is 2.47 bits per heavy atom. The monoisotopic (exact) mass is 488 g/mol. The smallest absolute Gasteiger partial charge is 0.433 e. The molecule has 2 heterocycles. The molecule has 0 radical (unpaired) electrons. The van der Waals surface area contributed by atoms with E-state index in [1.165, 1.54) is 29.6 Å². The molecule has 4 rings (SSSR count). The van der Waals surface area contributed by atoms with E-state index in [9.17, 15) is 27.9 Å². The van der Waals surface area contributed by atoms with Gasteiger partial charge in [0.2, 0.25) is 5.13 Å². The number of thiazole rings is 1. The highest BCUT2D eigenvalue weighted by atomic mass is 32.1. The van der Waals surface area contributed by atoms with Gasteiger partial charge in [0.25, 0.3) is 5.91 Å². The number of hydrazine groups is 1. The zero-order chi connectivity index (χ0) is 24.3. The van der Waals surface area contributed by atoms with E-state index in [4.69, 9.17) is 0 Å². The second-order valence-corrected chi connectivity index (χ2v) is 7.63. The number of benzene rings is 2. The van der Waals surface area contributed by atoms with Crippen molar-refractivity contribution in [2.45, 2.75) is 6.18 Å². The van der Waals surface area contributed by atoms with E-state index in [1.54, 1.807) is 30.3 Å². The number of aromatic hydroxyl groups is 1. The number of rotatable bonds is 4. The molecule has 4 aromatic rings. The number of aromatic nitrogens is 3. The van der Waals surface area contributed by atoms with E-state index >= 15 is 0 Å². The van der Waals surface area contributed by atoms with Gasteiger partial charge in [0, 0.05) is 16.6 Å². The molecule has 0 spiro atoms. The molecule has 2 aromatic heterocycles. The topological polar surface area (TPSA) is 121 Å². The summed E-state index contributed by atoms with van der Waals surface area (Å²) in [4.78, 5) is 28.1. The molecule has 13 heteroatoms. The van der Waals surface area contributed by atoms with E-state index < -0.39 is 23.8 Å². The molecule has 0 fully saturated rings. The molecule has 3 amide bonds. The lowest BCUT2D eigenvalue weighted by molar-refractivity contribution is -0.142. The van der Waals surface area contributed by atoms with Crippen LogP contribution in [-0.2, 0) is 6.18 Å². The molecule has 0 bridgehead atoms. The van der Waals surface area contributed by atoms with E-state index in [-0.39, 0.29) is 27.8 Å². The lowest BCUT2D eigenvalue weighted by Crippen LogP contribution is -2.44. The molecule has 0 aliphatic heterocycles. The first-order chi connectivity index (χ1) is 16.2. The molecule has 174 valence electrons. The number of carbonyl (C=O) groups is 2. The first-order valence-corrected chi connectivity index (χ1v) is 10.4. The maximum absolute atomic E-state index is 13.6. The summed E-state index contributed by atoms with van der Waals surface area (Å²) in [6.07, 6.45) is -4.76. The highest BCUT2D eigenvalue weighted by molar-refractivity contribution is 7.12. The van der Waals surface area contributed by atoms with Gasteiger partial charge in [-0.3, -0.25) is 10.2 Å². The van der Waals surface area contributed by atoms with Crippen molar-refractivity contribution in [1.82, 2.24) is 25.6 Å². The number of nitrogens with one attached hydrogen (secondary N) is 3. The van der Waals surface area contributed by atoms with Crippen molar-refractivity contribution >= 4 is 29.0 Å². The number of para-hydroxylation sites is 1. The summed E-state index contributed by atoms with van der Waals surface area (Å²) in [7, 11) is 0. The summed E-state index contributed by atoms with van der Waals surface area (Å²) in [6, 6.07) is 14.2. The van der Waals surface area contributed by atoms with Crippen LogP contribution in [0.15, 0.2) is 66.0 Å². The van der Waals surface area contributed by atoms with Gasteiger partial charge in [-0.05, 0) is 30.3 Å². The molecule has 2 aromatic carbocycles. The van der Waals surface area contributed by atoms with Gasteiger partial charge in [0.15, 0.2) is 5.69 Å². The van der Waals surface area contributed by atoms with Crippen LogP contribution in [0.2, 0.25) is 0 Å². The van der Waals surface area contributed by atoms with Crippen LogP contribution in [0, 0.1) is 0 Å². The van der Waals surface area contributed by atoms with Crippen molar-refractivity contribution in [1.29, 1.82) is 0 Å². The summed E-state index contributed by atoms with van der Waals surface area (Å²) in [5.41, 5.74) is 3.66. The van der Waals surface area contributed by atoms with Gasteiger partial charge in [-0.1, -0.05) is 30.3 Å². The number of phenolic OH excluding ortho intramolecular Hbond substituents is 1. The van der Waals surface area contributed by atoms with E-state index in [0.29, 0.717) is 10.4 Å². The minimum atomic E-state index is -4.76. The molecule has 0 aliphatic carbocycles. The highest BCUT2D eigenvalue weighted by Gasteiger charge is 2.37. The minimum Gasteiger partial charge on any atom is -0.508 e. The number of alkyl halides is 3. The Morgan fingerprint density at radius 2 is 1.76 bits per heavy atom. The number of anilines is 1. The van der Waals surface area contributed by atoms with Gasteiger partial charge in [-0.25, -0.2) is 19.9 Å². The summed E-state index contributed by atoms with van der Waals surface area (Å²) in [6.45, 7) is 0. The Balaban J connectivity index is 1.51. The van der Waals surface area contributed by atoms with Crippen molar-refractivity contribution in [2.24, 2.45) is 0 Å². The number of amides is 3. The van der Waals surface area contributed by atoms with Crippen LogP contribution >= 0.6 is 11.3 Å². The third-order valence-electron chi connectivity index (χ3n) is 4.37. The van der Waals surface area contributed by atoms with Crippen molar-refractivity contribution < 1.29 is 27.9 Å². The molecule has 0 aliphatic rings.